The Hall–Kier alpha value is -4.33. The van der Waals surface area contributed by atoms with Crippen LogP contribution in [0.25, 0.3) is 0 Å². The molecule has 1 aliphatic rings. The number of amides is 3. The topological polar surface area (TPSA) is 97.0 Å². The number of hydrogen-bond acceptors (Lipinski definition) is 5. The van der Waals surface area contributed by atoms with E-state index in [0.717, 1.165) is 11.1 Å². The van der Waals surface area contributed by atoms with E-state index in [1.54, 1.807) is 31.4 Å². The van der Waals surface area contributed by atoms with Crippen molar-refractivity contribution < 1.29 is 23.9 Å². The minimum absolute atomic E-state index is 0.160. The van der Waals surface area contributed by atoms with E-state index in [1.807, 2.05) is 48.5 Å². The number of nitrogens with one attached hydrogen (secondary N) is 2. The molecule has 1 fully saturated rings. The van der Waals surface area contributed by atoms with Gasteiger partial charge >= 0.3 is 0 Å². The molecule has 2 N–H and O–H groups in total. The summed E-state index contributed by atoms with van der Waals surface area (Å²) in [6.45, 7) is 0.729. The maximum Gasteiger partial charge on any atom is 0.251 e. The van der Waals surface area contributed by atoms with E-state index in [9.17, 15) is 14.4 Å². The molecule has 0 aliphatic carbocycles. The number of nitrogens with zero attached hydrogens (tertiary/aromatic N) is 1. The quantitative estimate of drug-likeness (QED) is 0.539. The van der Waals surface area contributed by atoms with Crippen molar-refractivity contribution in [3.63, 3.8) is 0 Å². The molecule has 1 aliphatic heterocycles. The number of ether oxygens (including phenoxy) is 2. The molecule has 3 aromatic rings. The van der Waals surface area contributed by atoms with Gasteiger partial charge in [-0.2, -0.15) is 0 Å². The SMILES string of the molecule is COc1cc(CNC(=O)c2ccc(N3NC(=O)CCC3=O)cc2)ccc1OCc1ccccc1. The molecule has 0 saturated carbocycles. The Bertz CT molecular complexity index is 1180. The van der Waals surface area contributed by atoms with Crippen LogP contribution in [0.3, 0.4) is 0 Å². The lowest BCUT2D eigenvalue weighted by Crippen LogP contribution is -2.50. The average Bonchev–Trinajstić information content (AvgIpc) is 2.88. The number of carbonyl (C=O) groups is 3. The predicted molar refractivity (Wildman–Crippen MR) is 126 cm³/mol. The second-order valence-corrected chi connectivity index (χ2v) is 7.75. The van der Waals surface area contributed by atoms with Gasteiger partial charge in [0.05, 0.1) is 12.8 Å². The van der Waals surface area contributed by atoms with Gasteiger partial charge in [0.1, 0.15) is 6.61 Å². The highest BCUT2D eigenvalue weighted by Gasteiger charge is 2.24. The van der Waals surface area contributed by atoms with Crippen LogP contribution in [0.4, 0.5) is 5.69 Å². The van der Waals surface area contributed by atoms with Crippen molar-refractivity contribution in [2.75, 3.05) is 12.1 Å². The fraction of sp³-hybridized carbons (Fsp3) is 0.192. The summed E-state index contributed by atoms with van der Waals surface area (Å²) in [6.07, 6.45) is 0.342. The first-order valence-corrected chi connectivity index (χ1v) is 10.9. The van der Waals surface area contributed by atoms with Crippen LogP contribution >= 0.6 is 0 Å². The van der Waals surface area contributed by atoms with Crippen molar-refractivity contribution in [3.05, 3.63) is 89.5 Å². The zero-order valence-corrected chi connectivity index (χ0v) is 18.7. The Kier molecular flexibility index (Phi) is 7.07. The fourth-order valence-corrected chi connectivity index (χ4v) is 3.51. The molecular weight excluding hydrogens is 434 g/mol. The van der Waals surface area contributed by atoms with Crippen LogP contribution in [0.1, 0.15) is 34.3 Å². The van der Waals surface area contributed by atoms with Crippen molar-refractivity contribution in [2.24, 2.45) is 0 Å². The molecule has 3 amide bonds. The van der Waals surface area contributed by atoms with Crippen molar-refractivity contribution in [3.8, 4) is 11.5 Å². The molecule has 0 unspecified atom stereocenters. The monoisotopic (exact) mass is 459 g/mol. The lowest BCUT2D eigenvalue weighted by atomic mass is 10.1. The molecule has 8 nitrogen and oxygen atoms in total. The number of hydrogen-bond donors (Lipinski definition) is 2. The van der Waals surface area contributed by atoms with E-state index in [-0.39, 0.29) is 30.6 Å². The highest BCUT2D eigenvalue weighted by atomic mass is 16.5. The molecule has 0 spiro atoms. The van der Waals surface area contributed by atoms with Crippen LogP contribution < -0.4 is 25.2 Å². The third-order valence-corrected chi connectivity index (χ3v) is 5.36. The first-order valence-electron chi connectivity index (χ1n) is 10.9. The lowest BCUT2D eigenvalue weighted by molar-refractivity contribution is -0.130. The van der Waals surface area contributed by atoms with E-state index in [4.69, 9.17) is 9.47 Å². The summed E-state index contributed by atoms with van der Waals surface area (Å²) in [4.78, 5) is 36.2. The summed E-state index contributed by atoms with van der Waals surface area (Å²) >= 11 is 0. The smallest absolute Gasteiger partial charge is 0.251 e. The number of benzene rings is 3. The Morgan fingerprint density at radius 1 is 0.941 bits per heavy atom. The summed E-state index contributed by atoms with van der Waals surface area (Å²) in [5.41, 5.74) is 5.39. The van der Waals surface area contributed by atoms with Gasteiger partial charge in [-0.1, -0.05) is 36.4 Å². The maximum absolute atomic E-state index is 12.6. The molecule has 4 rings (SSSR count). The number of anilines is 1. The van der Waals surface area contributed by atoms with Crippen molar-refractivity contribution in [1.29, 1.82) is 0 Å². The first-order chi connectivity index (χ1) is 16.5. The fourth-order valence-electron chi connectivity index (χ4n) is 3.51. The zero-order valence-electron chi connectivity index (χ0n) is 18.7. The molecule has 174 valence electrons. The van der Waals surface area contributed by atoms with Gasteiger partial charge in [-0.05, 0) is 47.5 Å². The van der Waals surface area contributed by atoms with Gasteiger partial charge < -0.3 is 14.8 Å². The van der Waals surface area contributed by atoms with Crippen molar-refractivity contribution >= 4 is 23.4 Å². The molecule has 1 saturated heterocycles. The van der Waals surface area contributed by atoms with Crippen LogP contribution in [-0.2, 0) is 22.7 Å². The summed E-state index contributed by atoms with van der Waals surface area (Å²) in [5.74, 6) is 0.538. The van der Waals surface area contributed by atoms with Crippen LogP contribution in [0.5, 0.6) is 11.5 Å². The third kappa shape index (κ3) is 5.53. The first kappa shape index (κ1) is 22.8. The average molecular weight is 460 g/mol. The van der Waals surface area contributed by atoms with Crippen LogP contribution in [0.2, 0.25) is 0 Å². The molecule has 8 heteroatoms. The second kappa shape index (κ2) is 10.5. The minimum atomic E-state index is -0.260. The highest BCUT2D eigenvalue weighted by Crippen LogP contribution is 2.29. The van der Waals surface area contributed by atoms with Crippen molar-refractivity contribution in [2.45, 2.75) is 26.0 Å². The van der Waals surface area contributed by atoms with Gasteiger partial charge in [-0.3, -0.25) is 19.8 Å². The Balaban J connectivity index is 1.35. The number of carbonyl (C=O) groups excluding carboxylic acids is 3. The molecule has 34 heavy (non-hydrogen) atoms. The summed E-state index contributed by atoms with van der Waals surface area (Å²) in [5, 5.41) is 4.08. The van der Waals surface area contributed by atoms with Gasteiger partial charge in [-0.15, -0.1) is 0 Å². The van der Waals surface area contributed by atoms with E-state index >= 15 is 0 Å². The third-order valence-electron chi connectivity index (χ3n) is 5.36. The standard InChI is InChI=1S/C26H25N3O5/c1-33-23-15-19(7-12-22(23)34-17-18-5-3-2-4-6-18)16-27-26(32)20-8-10-21(11-9-20)29-25(31)14-13-24(30)28-29/h2-12,15H,13-14,16-17H2,1H3,(H,27,32)(H,28,30). The molecular formula is C26H25N3O5. The molecule has 3 aromatic carbocycles. The molecule has 0 aromatic heterocycles. The van der Waals surface area contributed by atoms with E-state index in [2.05, 4.69) is 10.7 Å². The van der Waals surface area contributed by atoms with Gasteiger partial charge in [0, 0.05) is 24.9 Å². The molecule has 0 bridgehead atoms. The normalized spacial score (nSPS) is 13.3. The van der Waals surface area contributed by atoms with Crippen molar-refractivity contribution in [1.82, 2.24) is 10.7 Å². The van der Waals surface area contributed by atoms with E-state index < -0.39 is 0 Å². The maximum atomic E-state index is 12.6. The van der Waals surface area contributed by atoms with Gasteiger partial charge in [0.15, 0.2) is 11.5 Å². The highest BCUT2D eigenvalue weighted by molar-refractivity contribution is 6.01. The van der Waals surface area contributed by atoms with Gasteiger partial charge in [-0.25, -0.2) is 5.01 Å². The van der Waals surface area contributed by atoms with Crippen LogP contribution in [-0.4, -0.2) is 24.8 Å². The van der Waals surface area contributed by atoms with Crippen LogP contribution in [0, 0.1) is 0 Å². The predicted octanol–water partition coefficient (Wildman–Crippen LogP) is 3.36. The summed E-state index contributed by atoms with van der Waals surface area (Å²) in [6, 6.07) is 21.8. The molecule has 0 atom stereocenters. The minimum Gasteiger partial charge on any atom is -0.493 e. The zero-order chi connectivity index (χ0) is 23.9. The van der Waals surface area contributed by atoms with E-state index in [1.165, 1.54) is 5.01 Å². The number of hydrazine groups is 1. The van der Waals surface area contributed by atoms with Gasteiger partial charge in [0.25, 0.3) is 5.91 Å². The number of methoxy groups -OCH3 is 1. The second-order valence-electron chi connectivity index (χ2n) is 7.75. The Morgan fingerprint density at radius 3 is 2.44 bits per heavy atom. The van der Waals surface area contributed by atoms with Gasteiger partial charge in [0.2, 0.25) is 11.8 Å². The largest absolute Gasteiger partial charge is 0.493 e. The lowest BCUT2D eigenvalue weighted by Gasteiger charge is -2.27. The molecule has 1 heterocycles. The summed E-state index contributed by atoms with van der Waals surface area (Å²) in [7, 11) is 1.57. The number of rotatable bonds is 8. The summed E-state index contributed by atoms with van der Waals surface area (Å²) < 4.78 is 11.3. The molecule has 0 radical (unpaired) electrons. The van der Waals surface area contributed by atoms with E-state index in [0.29, 0.717) is 35.9 Å². The Labute approximate surface area is 197 Å². The van der Waals surface area contributed by atoms with Crippen LogP contribution in [0.15, 0.2) is 72.8 Å². The Morgan fingerprint density at radius 2 is 1.71 bits per heavy atom.